The van der Waals surface area contributed by atoms with Gasteiger partial charge in [-0.3, -0.25) is 9.59 Å². The molecular weight excluding hydrogens is 270 g/mol. The number of rotatable bonds is 7. The molecule has 21 heavy (non-hydrogen) atoms. The first kappa shape index (κ1) is 15.7. The van der Waals surface area contributed by atoms with Crippen LogP contribution in [0.4, 0.5) is 5.69 Å². The molecule has 0 unspecified atom stereocenters. The fourth-order valence-electron chi connectivity index (χ4n) is 2.54. The second kappa shape index (κ2) is 6.83. The summed E-state index contributed by atoms with van der Waals surface area (Å²) in [5.74, 6) is -0.828. The number of methoxy groups -OCH3 is 1. The highest BCUT2D eigenvalue weighted by Crippen LogP contribution is 2.34. The van der Waals surface area contributed by atoms with Gasteiger partial charge in [-0.25, -0.2) is 0 Å². The standard InChI is InChI=1S/C16H21NO4/c1-11-5-6-12(2)14-13(11)15(18)16(19)17(14)7-4-8-21-10-9-20-3/h5-6H,4,7-10H2,1-3H3. The lowest BCUT2D eigenvalue weighted by molar-refractivity contribution is -0.114. The molecule has 1 aliphatic rings. The lowest BCUT2D eigenvalue weighted by Gasteiger charge is -2.18. The van der Waals surface area contributed by atoms with Crippen molar-refractivity contribution in [3.05, 3.63) is 28.8 Å². The minimum absolute atomic E-state index is 0.397. The normalized spacial score (nSPS) is 14.0. The van der Waals surface area contributed by atoms with Crippen LogP contribution in [0.25, 0.3) is 0 Å². The maximum Gasteiger partial charge on any atom is 0.299 e. The van der Waals surface area contributed by atoms with E-state index in [1.54, 1.807) is 12.0 Å². The fraction of sp³-hybridized carbons (Fsp3) is 0.500. The third-order valence-corrected chi connectivity index (χ3v) is 3.63. The van der Waals surface area contributed by atoms with Crippen molar-refractivity contribution in [3.63, 3.8) is 0 Å². The Kier molecular flexibility index (Phi) is 5.09. The predicted octanol–water partition coefficient (Wildman–Crippen LogP) is 1.89. The maximum atomic E-state index is 12.1. The Morgan fingerprint density at radius 1 is 1.05 bits per heavy atom. The van der Waals surface area contributed by atoms with Crippen LogP contribution in [0.15, 0.2) is 12.1 Å². The van der Waals surface area contributed by atoms with Crippen LogP contribution in [0, 0.1) is 13.8 Å². The number of ketones is 1. The number of hydrogen-bond donors (Lipinski definition) is 0. The van der Waals surface area contributed by atoms with Crippen LogP contribution >= 0.6 is 0 Å². The topological polar surface area (TPSA) is 55.8 Å². The smallest absolute Gasteiger partial charge is 0.299 e. The number of benzene rings is 1. The number of hydrogen-bond acceptors (Lipinski definition) is 4. The summed E-state index contributed by atoms with van der Waals surface area (Å²) in [5.41, 5.74) is 3.13. The molecule has 1 aromatic carbocycles. The van der Waals surface area contributed by atoms with E-state index >= 15 is 0 Å². The first-order valence-electron chi connectivity index (χ1n) is 7.11. The van der Waals surface area contributed by atoms with Crippen molar-refractivity contribution in [1.29, 1.82) is 0 Å². The first-order valence-corrected chi connectivity index (χ1v) is 7.11. The summed E-state index contributed by atoms with van der Waals surface area (Å²) in [7, 11) is 1.62. The van der Waals surface area contributed by atoms with Crippen molar-refractivity contribution < 1.29 is 19.1 Å². The van der Waals surface area contributed by atoms with E-state index in [2.05, 4.69) is 0 Å². The zero-order chi connectivity index (χ0) is 15.4. The third kappa shape index (κ3) is 3.14. The van der Waals surface area contributed by atoms with Crippen LogP contribution in [0.5, 0.6) is 0 Å². The van der Waals surface area contributed by atoms with Gasteiger partial charge in [0.15, 0.2) is 0 Å². The highest BCUT2D eigenvalue weighted by molar-refractivity contribution is 6.52. The highest BCUT2D eigenvalue weighted by Gasteiger charge is 2.37. The molecule has 0 spiro atoms. The minimum Gasteiger partial charge on any atom is -0.382 e. The summed E-state index contributed by atoms with van der Waals surface area (Å²) >= 11 is 0. The molecule has 1 aliphatic heterocycles. The molecule has 0 saturated heterocycles. The van der Waals surface area contributed by atoms with Gasteiger partial charge >= 0.3 is 0 Å². The lowest BCUT2D eigenvalue weighted by atomic mass is 10.0. The summed E-state index contributed by atoms with van der Waals surface area (Å²) in [5, 5.41) is 0. The Morgan fingerprint density at radius 3 is 2.48 bits per heavy atom. The molecule has 5 nitrogen and oxygen atoms in total. The quantitative estimate of drug-likeness (QED) is 0.568. The maximum absolute atomic E-state index is 12.1. The van der Waals surface area contributed by atoms with Gasteiger partial charge in [-0.1, -0.05) is 12.1 Å². The van der Waals surface area contributed by atoms with E-state index in [1.807, 2.05) is 26.0 Å². The van der Waals surface area contributed by atoms with E-state index in [0.717, 1.165) is 16.8 Å². The molecule has 0 aliphatic carbocycles. The van der Waals surface area contributed by atoms with E-state index in [4.69, 9.17) is 9.47 Å². The van der Waals surface area contributed by atoms with Gasteiger partial charge in [0.25, 0.3) is 11.7 Å². The zero-order valence-corrected chi connectivity index (χ0v) is 12.8. The number of amides is 1. The molecule has 2 rings (SSSR count). The number of carbonyl (C=O) groups excluding carboxylic acids is 2. The van der Waals surface area contributed by atoms with Gasteiger partial charge in [-0.05, 0) is 31.4 Å². The second-order valence-electron chi connectivity index (χ2n) is 5.17. The van der Waals surface area contributed by atoms with Gasteiger partial charge in [0, 0.05) is 20.3 Å². The van der Waals surface area contributed by atoms with Crippen molar-refractivity contribution in [2.24, 2.45) is 0 Å². The Bertz CT molecular complexity index is 553. The summed E-state index contributed by atoms with van der Waals surface area (Å²) in [6, 6.07) is 3.83. The molecule has 0 radical (unpaired) electrons. The van der Waals surface area contributed by atoms with Crippen LogP contribution in [-0.4, -0.2) is 45.2 Å². The largest absolute Gasteiger partial charge is 0.382 e. The van der Waals surface area contributed by atoms with Crippen LogP contribution in [0.3, 0.4) is 0 Å². The van der Waals surface area contributed by atoms with Gasteiger partial charge in [0.05, 0.1) is 24.5 Å². The van der Waals surface area contributed by atoms with E-state index in [-0.39, 0.29) is 0 Å². The SMILES string of the molecule is COCCOCCCN1C(=O)C(=O)c2c(C)ccc(C)c21. The number of Topliss-reactive ketones (excluding diaryl/α,β-unsaturated/α-hetero) is 1. The molecule has 0 atom stereocenters. The van der Waals surface area contributed by atoms with E-state index in [1.165, 1.54) is 0 Å². The molecule has 1 amide bonds. The minimum atomic E-state index is -0.431. The summed E-state index contributed by atoms with van der Waals surface area (Å²) in [6.45, 7) is 5.92. The van der Waals surface area contributed by atoms with Crippen LogP contribution in [0.2, 0.25) is 0 Å². The molecular formula is C16H21NO4. The highest BCUT2D eigenvalue weighted by atomic mass is 16.5. The summed E-state index contributed by atoms with van der Waals surface area (Å²) in [4.78, 5) is 25.8. The van der Waals surface area contributed by atoms with Crippen LogP contribution < -0.4 is 4.90 Å². The number of aryl methyl sites for hydroxylation is 2. The number of carbonyl (C=O) groups is 2. The Hall–Kier alpha value is -1.72. The van der Waals surface area contributed by atoms with Crippen LogP contribution in [-0.2, 0) is 14.3 Å². The summed E-state index contributed by atoms with van der Waals surface area (Å²) in [6.07, 6.45) is 0.690. The second-order valence-corrected chi connectivity index (χ2v) is 5.17. The van der Waals surface area contributed by atoms with Gasteiger partial charge < -0.3 is 14.4 Å². The first-order chi connectivity index (χ1) is 10.1. The third-order valence-electron chi connectivity index (χ3n) is 3.63. The van der Waals surface area contributed by atoms with Crippen molar-refractivity contribution in [1.82, 2.24) is 0 Å². The van der Waals surface area contributed by atoms with Gasteiger partial charge in [0.1, 0.15) is 0 Å². The van der Waals surface area contributed by atoms with E-state index in [9.17, 15) is 9.59 Å². The Labute approximate surface area is 124 Å². The molecule has 5 heteroatoms. The predicted molar refractivity (Wildman–Crippen MR) is 79.9 cm³/mol. The molecule has 1 aromatic rings. The molecule has 0 saturated carbocycles. The average molecular weight is 291 g/mol. The molecule has 1 heterocycles. The number of ether oxygens (including phenoxy) is 2. The zero-order valence-electron chi connectivity index (χ0n) is 12.8. The molecule has 0 fully saturated rings. The lowest BCUT2D eigenvalue weighted by Crippen LogP contribution is -2.31. The van der Waals surface area contributed by atoms with Crippen molar-refractivity contribution in [2.45, 2.75) is 20.3 Å². The van der Waals surface area contributed by atoms with Crippen molar-refractivity contribution >= 4 is 17.4 Å². The van der Waals surface area contributed by atoms with Gasteiger partial charge in [-0.15, -0.1) is 0 Å². The van der Waals surface area contributed by atoms with Crippen molar-refractivity contribution in [2.75, 3.05) is 38.4 Å². The number of fused-ring (bicyclic) bond motifs is 1. The average Bonchev–Trinajstić information content (AvgIpc) is 2.72. The van der Waals surface area contributed by atoms with Crippen molar-refractivity contribution in [3.8, 4) is 0 Å². The van der Waals surface area contributed by atoms with Gasteiger partial charge in [0.2, 0.25) is 0 Å². The van der Waals surface area contributed by atoms with E-state index < -0.39 is 11.7 Å². The fourth-order valence-corrected chi connectivity index (χ4v) is 2.54. The Balaban J connectivity index is 2.04. The summed E-state index contributed by atoms with van der Waals surface area (Å²) < 4.78 is 10.3. The molecule has 0 N–H and O–H groups in total. The molecule has 0 bridgehead atoms. The van der Waals surface area contributed by atoms with Gasteiger partial charge in [-0.2, -0.15) is 0 Å². The number of nitrogens with zero attached hydrogens (tertiary/aromatic N) is 1. The van der Waals surface area contributed by atoms with Crippen LogP contribution in [0.1, 0.15) is 27.9 Å². The van der Waals surface area contributed by atoms with E-state index in [0.29, 0.717) is 38.3 Å². The molecule has 0 aromatic heterocycles. The number of anilines is 1. The monoisotopic (exact) mass is 291 g/mol. The molecule has 114 valence electrons. The Morgan fingerprint density at radius 2 is 1.76 bits per heavy atom.